The van der Waals surface area contributed by atoms with Gasteiger partial charge in [-0.2, -0.15) is 0 Å². The lowest BCUT2D eigenvalue weighted by Crippen LogP contribution is -2.40. The lowest BCUT2D eigenvalue weighted by atomic mass is 9.87. The molecule has 0 spiro atoms. The third-order valence-electron chi connectivity index (χ3n) is 6.69. The summed E-state index contributed by atoms with van der Waals surface area (Å²) in [4.78, 5) is 28.0. The molecule has 0 aliphatic carbocycles. The lowest BCUT2D eigenvalue weighted by molar-refractivity contribution is -0.127. The summed E-state index contributed by atoms with van der Waals surface area (Å²) in [5.41, 5.74) is 5.31. The average molecular weight is 495 g/mol. The molecule has 0 radical (unpaired) electrons. The van der Waals surface area contributed by atoms with Crippen molar-refractivity contribution >= 4 is 11.8 Å². The minimum atomic E-state index is -0.677. The summed E-state index contributed by atoms with van der Waals surface area (Å²) in [6.45, 7) is 4.80. The number of rotatable bonds is 7. The Morgan fingerprint density at radius 2 is 1.86 bits per heavy atom. The normalized spacial score (nSPS) is 15.5. The van der Waals surface area contributed by atoms with Crippen molar-refractivity contribution in [2.24, 2.45) is 0 Å². The van der Waals surface area contributed by atoms with E-state index >= 15 is 0 Å². The molecule has 188 valence electrons. The first-order valence-electron chi connectivity index (χ1n) is 12.5. The van der Waals surface area contributed by atoms with Gasteiger partial charge in [0.05, 0.1) is 12.3 Å². The number of furan rings is 1. The van der Waals surface area contributed by atoms with Gasteiger partial charge in [-0.25, -0.2) is 0 Å². The fourth-order valence-corrected chi connectivity index (χ4v) is 4.81. The van der Waals surface area contributed by atoms with Crippen LogP contribution in [0.5, 0.6) is 5.75 Å². The number of hydrogen-bond acceptors (Lipinski definition) is 4. The average Bonchev–Trinajstić information content (AvgIpc) is 3.46. The van der Waals surface area contributed by atoms with E-state index in [1.165, 1.54) is 6.26 Å². The molecule has 2 atom stereocenters. The van der Waals surface area contributed by atoms with Crippen LogP contribution in [0.25, 0.3) is 0 Å². The SMILES string of the molecule is Cc1cccc(C2c3cc(OC(C)C(=O)NCc4ccccc4)ccc3CCN2C(=O)c2ccco2)c1. The van der Waals surface area contributed by atoms with Crippen LogP contribution in [0, 0.1) is 6.92 Å². The molecule has 2 amide bonds. The number of nitrogens with one attached hydrogen (secondary N) is 1. The number of hydrogen-bond donors (Lipinski definition) is 1. The number of amides is 2. The van der Waals surface area contributed by atoms with E-state index in [-0.39, 0.29) is 17.9 Å². The van der Waals surface area contributed by atoms with E-state index in [0.29, 0.717) is 24.6 Å². The molecule has 1 N–H and O–H groups in total. The molecule has 2 unspecified atom stereocenters. The number of carbonyl (C=O) groups is 2. The van der Waals surface area contributed by atoms with Gasteiger partial charge in [-0.15, -0.1) is 0 Å². The van der Waals surface area contributed by atoms with Crippen LogP contribution in [-0.2, 0) is 17.8 Å². The van der Waals surface area contributed by atoms with Crippen LogP contribution >= 0.6 is 0 Å². The molecule has 5 rings (SSSR count). The summed E-state index contributed by atoms with van der Waals surface area (Å²) in [6, 6.07) is 27.0. The van der Waals surface area contributed by atoms with Gasteiger partial charge >= 0.3 is 0 Å². The zero-order valence-electron chi connectivity index (χ0n) is 21.0. The van der Waals surface area contributed by atoms with Crippen molar-refractivity contribution in [2.75, 3.05) is 6.54 Å². The van der Waals surface area contributed by atoms with Gasteiger partial charge in [-0.1, -0.05) is 66.2 Å². The maximum absolute atomic E-state index is 13.4. The Hall–Kier alpha value is -4.32. The van der Waals surface area contributed by atoms with Crippen LogP contribution in [0.15, 0.2) is 95.6 Å². The molecule has 1 aliphatic rings. The standard InChI is InChI=1S/C31H30N2O4/c1-21-8-6-11-25(18-21)29-27-19-26(37-22(2)30(34)32-20-23-9-4-3-5-10-23)14-13-24(27)15-16-33(29)31(35)28-12-7-17-36-28/h3-14,17-19,22,29H,15-16,20H2,1-2H3,(H,32,34). The van der Waals surface area contributed by atoms with Crippen molar-refractivity contribution < 1.29 is 18.7 Å². The Morgan fingerprint density at radius 3 is 2.62 bits per heavy atom. The third kappa shape index (κ3) is 5.43. The predicted octanol–water partition coefficient (Wildman–Crippen LogP) is 5.46. The fourth-order valence-electron chi connectivity index (χ4n) is 4.81. The minimum absolute atomic E-state index is 0.151. The molecule has 0 saturated carbocycles. The van der Waals surface area contributed by atoms with Crippen LogP contribution in [0.1, 0.15) is 51.3 Å². The van der Waals surface area contributed by atoms with Crippen LogP contribution in [-0.4, -0.2) is 29.4 Å². The molecule has 0 bridgehead atoms. The highest BCUT2D eigenvalue weighted by Crippen LogP contribution is 2.38. The zero-order chi connectivity index (χ0) is 25.8. The first-order valence-corrected chi connectivity index (χ1v) is 12.5. The molecule has 37 heavy (non-hydrogen) atoms. The summed E-state index contributed by atoms with van der Waals surface area (Å²) in [5.74, 6) is 0.567. The maximum atomic E-state index is 13.4. The van der Waals surface area contributed by atoms with E-state index in [0.717, 1.165) is 34.2 Å². The molecule has 6 heteroatoms. The predicted molar refractivity (Wildman–Crippen MR) is 141 cm³/mol. The molecule has 3 aromatic carbocycles. The first kappa shape index (κ1) is 24.4. The van der Waals surface area contributed by atoms with Crippen molar-refractivity contribution in [3.8, 4) is 5.75 Å². The van der Waals surface area contributed by atoms with Crippen molar-refractivity contribution in [2.45, 2.75) is 39.0 Å². The van der Waals surface area contributed by atoms with Crippen molar-refractivity contribution in [1.29, 1.82) is 0 Å². The molecule has 4 aromatic rings. The Morgan fingerprint density at radius 1 is 1.03 bits per heavy atom. The molecule has 6 nitrogen and oxygen atoms in total. The monoisotopic (exact) mass is 494 g/mol. The van der Waals surface area contributed by atoms with Gasteiger partial charge < -0.3 is 19.4 Å². The van der Waals surface area contributed by atoms with Crippen molar-refractivity contribution in [1.82, 2.24) is 10.2 Å². The van der Waals surface area contributed by atoms with Crippen LogP contribution in [0.2, 0.25) is 0 Å². The second kappa shape index (κ2) is 10.7. The smallest absolute Gasteiger partial charge is 0.290 e. The van der Waals surface area contributed by atoms with Crippen LogP contribution in [0.3, 0.4) is 0 Å². The minimum Gasteiger partial charge on any atom is -0.481 e. The van der Waals surface area contributed by atoms with Crippen LogP contribution in [0.4, 0.5) is 0 Å². The van der Waals surface area contributed by atoms with Gasteiger partial charge in [-0.3, -0.25) is 9.59 Å². The lowest BCUT2D eigenvalue weighted by Gasteiger charge is -2.37. The van der Waals surface area contributed by atoms with E-state index < -0.39 is 6.10 Å². The van der Waals surface area contributed by atoms with E-state index in [1.807, 2.05) is 78.6 Å². The topological polar surface area (TPSA) is 71.8 Å². The Labute approximate surface area is 216 Å². The largest absolute Gasteiger partial charge is 0.481 e. The highest BCUT2D eigenvalue weighted by molar-refractivity contribution is 5.92. The Bertz CT molecular complexity index is 1380. The summed E-state index contributed by atoms with van der Waals surface area (Å²) < 4.78 is 11.5. The zero-order valence-corrected chi connectivity index (χ0v) is 21.0. The molecular weight excluding hydrogens is 464 g/mol. The number of carbonyl (C=O) groups excluding carboxylic acids is 2. The second-order valence-electron chi connectivity index (χ2n) is 9.37. The molecule has 0 saturated heterocycles. The highest BCUT2D eigenvalue weighted by Gasteiger charge is 2.34. The summed E-state index contributed by atoms with van der Waals surface area (Å²) in [6.07, 6.45) is 1.56. The molecular formula is C31H30N2O4. The molecule has 2 heterocycles. The summed E-state index contributed by atoms with van der Waals surface area (Å²) in [5, 5.41) is 2.93. The first-order chi connectivity index (χ1) is 18.0. The summed E-state index contributed by atoms with van der Waals surface area (Å²) >= 11 is 0. The van der Waals surface area contributed by atoms with Gasteiger partial charge in [0.15, 0.2) is 11.9 Å². The van der Waals surface area contributed by atoms with Gasteiger partial charge in [0.2, 0.25) is 0 Å². The van der Waals surface area contributed by atoms with Gasteiger partial charge in [0.25, 0.3) is 11.8 Å². The van der Waals surface area contributed by atoms with E-state index in [1.54, 1.807) is 19.1 Å². The van der Waals surface area contributed by atoms with Crippen molar-refractivity contribution in [3.63, 3.8) is 0 Å². The molecule has 0 fully saturated rings. The highest BCUT2D eigenvalue weighted by atomic mass is 16.5. The maximum Gasteiger partial charge on any atom is 0.290 e. The summed E-state index contributed by atoms with van der Waals surface area (Å²) in [7, 11) is 0. The van der Waals surface area contributed by atoms with Gasteiger partial charge in [0, 0.05) is 13.1 Å². The molecule has 1 aromatic heterocycles. The van der Waals surface area contributed by atoms with Crippen LogP contribution < -0.4 is 10.1 Å². The number of benzene rings is 3. The quantitative estimate of drug-likeness (QED) is 0.370. The number of aryl methyl sites for hydroxylation is 1. The number of nitrogens with zero attached hydrogens (tertiary/aromatic N) is 1. The number of ether oxygens (including phenoxy) is 1. The third-order valence-corrected chi connectivity index (χ3v) is 6.69. The van der Waals surface area contributed by atoms with E-state index in [4.69, 9.17) is 9.15 Å². The second-order valence-corrected chi connectivity index (χ2v) is 9.37. The van der Waals surface area contributed by atoms with Gasteiger partial charge in [-0.05, 0) is 66.8 Å². The molecule has 1 aliphatic heterocycles. The van der Waals surface area contributed by atoms with E-state index in [2.05, 4.69) is 11.4 Å². The Balaban J connectivity index is 1.40. The van der Waals surface area contributed by atoms with Gasteiger partial charge in [0.1, 0.15) is 5.75 Å². The Kier molecular flexibility index (Phi) is 7.08. The van der Waals surface area contributed by atoms with Crippen molar-refractivity contribution in [3.05, 3.63) is 125 Å². The number of fused-ring (bicyclic) bond motifs is 1. The fraction of sp³-hybridized carbons (Fsp3) is 0.226. The van der Waals surface area contributed by atoms with E-state index in [9.17, 15) is 9.59 Å².